The van der Waals surface area contributed by atoms with E-state index in [9.17, 15) is 24.0 Å². The molecule has 1 aromatic rings. The van der Waals surface area contributed by atoms with Gasteiger partial charge in [-0.3, -0.25) is 19.2 Å². The van der Waals surface area contributed by atoms with Crippen molar-refractivity contribution in [3.8, 4) is 0 Å². The largest absolute Gasteiger partial charge is 0.459 e. The van der Waals surface area contributed by atoms with Crippen molar-refractivity contribution in [1.82, 2.24) is 5.32 Å². The Kier molecular flexibility index (Phi) is 15.4. The Morgan fingerprint density at radius 1 is 0.786 bits per heavy atom. The number of hydrogen-bond donors (Lipinski definition) is 1. The number of ketones is 1. The van der Waals surface area contributed by atoms with E-state index in [0.29, 0.717) is 17.5 Å². The average molecular weight is 592 g/mol. The molecule has 0 bridgehead atoms. The first-order valence-corrected chi connectivity index (χ1v) is 14.6. The number of hydrogen-bond acceptors (Lipinski definition) is 9. The van der Waals surface area contributed by atoms with Gasteiger partial charge in [0.2, 0.25) is 5.91 Å². The van der Waals surface area contributed by atoms with Crippen LogP contribution in [0.1, 0.15) is 98.6 Å². The van der Waals surface area contributed by atoms with Gasteiger partial charge in [0.1, 0.15) is 31.0 Å². The third kappa shape index (κ3) is 16.2. The topological polar surface area (TPSA) is 134 Å². The van der Waals surface area contributed by atoms with Crippen LogP contribution in [0.3, 0.4) is 0 Å². The van der Waals surface area contributed by atoms with Crippen LogP contribution in [-0.4, -0.2) is 60.1 Å². The summed E-state index contributed by atoms with van der Waals surface area (Å²) in [5, 5.41) is 2.66. The highest BCUT2D eigenvalue weighted by Gasteiger charge is 2.35. The van der Waals surface area contributed by atoms with E-state index in [1.807, 2.05) is 0 Å². The molecule has 0 aromatic heterocycles. The van der Waals surface area contributed by atoms with Crippen molar-refractivity contribution in [3.05, 3.63) is 35.4 Å². The monoisotopic (exact) mass is 591 g/mol. The summed E-state index contributed by atoms with van der Waals surface area (Å²) in [4.78, 5) is 61.6. The van der Waals surface area contributed by atoms with Gasteiger partial charge in [0, 0.05) is 0 Å². The van der Waals surface area contributed by atoms with Crippen molar-refractivity contribution in [2.24, 2.45) is 5.92 Å². The Labute approximate surface area is 250 Å². The molecule has 236 valence electrons. The first-order chi connectivity index (χ1) is 19.5. The number of amides is 1. The van der Waals surface area contributed by atoms with Gasteiger partial charge in [0.05, 0.1) is 6.04 Å². The molecule has 0 aliphatic carbocycles. The van der Waals surface area contributed by atoms with E-state index in [1.165, 1.54) is 6.92 Å². The number of unbranched alkanes of at least 4 members (excludes halogenated alkanes) is 3. The van der Waals surface area contributed by atoms with E-state index < -0.39 is 53.6 Å². The van der Waals surface area contributed by atoms with E-state index in [-0.39, 0.29) is 25.4 Å². The number of Topliss-reactive ketones (excluding diaryl/α,β-unsaturated/α-hetero) is 1. The van der Waals surface area contributed by atoms with E-state index in [1.54, 1.807) is 65.8 Å². The minimum Gasteiger partial charge on any atom is -0.459 e. The van der Waals surface area contributed by atoms with Crippen molar-refractivity contribution < 1.29 is 42.9 Å². The lowest BCUT2D eigenvalue weighted by molar-refractivity contribution is -0.174. The average Bonchev–Trinajstić information content (AvgIpc) is 2.86. The number of carbonyl (C=O) groups is 5. The van der Waals surface area contributed by atoms with Crippen LogP contribution >= 0.6 is 0 Å². The van der Waals surface area contributed by atoms with Gasteiger partial charge in [0.25, 0.3) is 0 Å². The molecule has 1 amide bonds. The number of nitrogens with one attached hydrogen (secondary N) is 1. The van der Waals surface area contributed by atoms with Gasteiger partial charge in [-0.25, -0.2) is 4.79 Å². The van der Waals surface area contributed by atoms with Gasteiger partial charge in [-0.2, -0.15) is 0 Å². The minimum absolute atomic E-state index is 0.0274. The second kappa shape index (κ2) is 17.6. The maximum Gasteiger partial charge on any atom is 0.332 e. The van der Waals surface area contributed by atoms with Gasteiger partial charge >= 0.3 is 17.9 Å². The summed E-state index contributed by atoms with van der Waals surface area (Å²) < 4.78 is 21.3. The normalized spacial score (nSPS) is 12.4. The molecule has 0 aliphatic heterocycles. The summed E-state index contributed by atoms with van der Waals surface area (Å²) in [6.07, 6.45) is 4.67. The lowest BCUT2D eigenvalue weighted by Gasteiger charge is -2.26. The molecule has 0 radical (unpaired) electrons. The number of benzene rings is 1. The van der Waals surface area contributed by atoms with Crippen molar-refractivity contribution in [2.45, 2.75) is 118 Å². The fraction of sp³-hybridized carbons (Fsp3) is 0.656. The molecule has 0 saturated carbocycles. The Hall–Kier alpha value is -3.27. The molecule has 42 heavy (non-hydrogen) atoms. The van der Waals surface area contributed by atoms with Crippen LogP contribution in [0.15, 0.2) is 24.3 Å². The van der Waals surface area contributed by atoms with Crippen molar-refractivity contribution in [2.75, 3.05) is 13.2 Å². The van der Waals surface area contributed by atoms with Gasteiger partial charge in [-0.05, 0) is 72.4 Å². The van der Waals surface area contributed by atoms with Gasteiger partial charge < -0.3 is 24.3 Å². The van der Waals surface area contributed by atoms with E-state index in [0.717, 1.165) is 25.7 Å². The van der Waals surface area contributed by atoms with Gasteiger partial charge in [-0.1, -0.05) is 56.9 Å². The maximum atomic E-state index is 12.8. The smallest absolute Gasteiger partial charge is 0.332 e. The van der Waals surface area contributed by atoms with E-state index >= 15 is 0 Å². The van der Waals surface area contributed by atoms with Crippen LogP contribution in [0.25, 0.3) is 0 Å². The number of ether oxygens (including phenoxy) is 4. The Bertz CT molecular complexity index is 1010. The summed E-state index contributed by atoms with van der Waals surface area (Å²) >= 11 is 0. The summed E-state index contributed by atoms with van der Waals surface area (Å²) in [6, 6.07) is 6.36. The SMILES string of the molecule is CCCCCCC(NC(=O)COCC(=O)OCc1ccc(CC(C(=O)OC(C)(C)C)C(=O)OC(C)(C)C)cc1)C(C)=O. The molecule has 1 atom stereocenters. The molecular formula is C32H49NO9. The first kappa shape index (κ1) is 36.8. The van der Waals surface area contributed by atoms with Crippen LogP contribution < -0.4 is 5.32 Å². The predicted molar refractivity (Wildman–Crippen MR) is 157 cm³/mol. The molecule has 10 heteroatoms. The molecule has 1 unspecified atom stereocenters. The third-order valence-electron chi connectivity index (χ3n) is 5.87. The molecule has 1 N–H and O–H groups in total. The quantitative estimate of drug-likeness (QED) is 0.119. The summed E-state index contributed by atoms with van der Waals surface area (Å²) in [5.74, 6) is -3.68. The molecule has 0 spiro atoms. The summed E-state index contributed by atoms with van der Waals surface area (Å²) in [5.41, 5.74) is -0.133. The fourth-order valence-corrected chi connectivity index (χ4v) is 3.84. The minimum atomic E-state index is -1.13. The fourth-order valence-electron chi connectivity index (χ4n) is 3.84. The second-order valence-corrected chi connectivity index (χ2v) is 12.4. The summed E-state index contributed by atoms with van der Waals surface area (Å²) in [6.45, 7) is 13.1. The molecular weight excluding hydrogens is 542 g/mol. The zero-order valence-electron chi connectivity index (χ0n) is 26.5. The van der Waals surface area contributed by atoms with Crippen LogP contribution in [0.4, 0.5) is 0 Å². The number of esters is 3. The highest BCUT2D eigenvalue weighted by atomic mass is 16.6. The Balaban J connectivity index is 2.58. The molecule has 0 fully saturated rings. The lowest BCUT2D eigenvalue weighted by atomic mass is 9.98. The van der Waals surface area contributed by atoms with E-state index in [4.69, 9.17) is 18.9 Å². The first-order valence-electron chi connectivity index (χ1n) is 14.6. The van der Waals surface area contributed by atoms with Crippen LogP contribution in [-0.2, 0) is 55.9 Å². The predicted octanol–water partition coefficient (Wildman–Crippen LogP) is 4.63. The molecule has 0 aliphatic rings. The van der Waals surface area contributed by atoms with Crippen LogP contribution in [0, 0.1) is 5.92 Å². The van der Waals surface area contributed by atoms with Gasteiger partial charge in [-0.15, -0.1) is 0 Å². The standard InChI is InChI=1S/C32H49NO9/c1-9-10-11-12-13-26(22(2)34)33-27(35)20-39-21-28(36)40-19-24-16-14-23(15-17-24)18-25(29(37)41-31(3,4)5)30(38)42-32(6,7)8/h14-17,25-26H,9-13,18-21H2,1-8H3,(H,33,35). The molecule has 1 aromatic carbocycles. The Morgan fingerprint density at radius 2 is 1.33 bits per heavy atom. The molecule has 0 saturated heterocycles. The second-order valence-electron chi connectivity index (χ2n) is 12.4. The Morgan fingerprint density at radius 3 is 1.83 bits per heavy atom. The zero-order valence-corrected chi connectivity index (χ0v) is 26.5. The van der Waals surface area contributed by atoms with E-state index in [2.05, 4.69) is 12.2 Å². The highest BCUT2D eigenvalue weighted by Crippen LogP contribution is 2.20. The summed E-state index contributed by atoms with van der Waals surface area (Å²) in [7, 11) is 0. The van der Waals surface area contributed by atoms with Crippen LogP contribution in [0.5, 0.6) is 0 Å². The number of rotatable bonds is 17. The van der Waals surface area contributed by atoms with Crippen molar-refractivity contribution in [1.29, 1.82) is 0 Å². The van der Waals surface area contributed by atoms with Crippen molar-refractivity contribution in [3.63, 3.8) is 0 Å². The lowest BCUT2D eigenvalue weighted by Crippen LogP contribution is -2.41. The number of carbonyl (C=O) groups excluding carboxylic acids is 5. The van der Waals surface area contributed by atoms with Crippen molar-refractivity contribution >= 4 is 29.6 Å². The maximum absolute atomic E-state index is 12.8. The molecule has 0 heterocycles. The molecule has 10 nitrogen and oxygen atoms in total. The third-order valence-corrected chi connectivity index (χ3v) is 5.87. The van der Waals surface area contributed by atoms with Crippen LogP contribution in [0.2, 0.25) is 0 Å². The zero-order chi connectivity index (χ0) is 31.9. The van der Waals surface area contributed by atoms with Gasteiger partial charge in [0.15, 0.2) is 11.7 Å². The highest BCUT2D eigenvalue weighted by molar-refractivity contribution is 5.95. The molecule has 1 rings (SSSR count).